The highest BCUT2D eigenvalue weighted by molar-refractivity contribution is 5.93. The zero-order valence-corrected chi connectivity index (χ0v) is 11.0. The van der Waals surface area contributed by atoms with E-state index in [1.165, 1.54) is 0 Å². The number of hydrogen-bond acceptors (Lipinski definition) is 4. The number of nitrogen functional groups attached to an aromatic ring is 1. The molecule has 1 heterocycles. The van der Waals surface area contributed by atoms with E-state index in [-0.39, 0.29) is 5.84 Å². The van der Waals surface area contributed by atoms with Gasteiger partial charge in [0.2, 0.25) is 5.95 Å². The number of nitrogens with zero attached hydrogens (tertiary/aromatic N) is 3. The van der Waals surface area contributed by atoms with Gasteiger partial charge in [0.05, 0.1) is 0 Å². The van der Waals surface area contributed by atoms with Crippen LogP contribution in [-0.4, -0.2) is 29.4 Å². The van der Waals surface area contributed by atoms with Crippen molar-refractivity contribution in [3.63, 3.8) is 0 Å². The molecule has 94 valence electrons. The van der Waals surface area contributed by atoms with E-state index in [0.29, 0.717) is 17.6 Å². The Morgan fingerprint density at radius 1 is 1.53 bits per heavy atom. The molecule has 1 aromatic rings. The zero-order chi connectivity index (χ0) is 13.0. The molecule has 0 aliphatic heterocycles. The summed E-state index contributed by atoms with van der Waals surface area (Å²) in [6, 6.07) is 1.73. The summed E-state index contributed by atoms with van der Waals surface area (Å²) in [5.74, 6) is 1.20. The van der Waals surface area contributed by atoms with Crippen LogP contribution >= 0.6 is 0 Å². The fourth-order valence-corrected chi connectivity index (χ4v) is 1.54. The second-order valence-electron chi connectivity index (χ2n) is 4.50. The first kappa shape index (κ1) is 13.4. The SMILES string of the molecule is CCC(C)CN(C)c1nc(C)cc(C(=N)N)n1. The number of aryl methyl sites for hydroxylation is 1. The molecule has 0 bridgehead atoms. The van der Waals surface area contributed by atoms with E-state index >= 15 is 0 Å². The monoisotopic (exact) mass is 235 g/mol. The van der Waals surface area contributed by atoms with Crippen molar-refractivity contribution in [1.82, 2.24) is 9.97 Å². The lowest BCUT2D eigenvalue weighted by atomic mass is 10.1. The molecule has 1 atom stereocenters. The van der Waals surface area contributed by atoms with Crippen LogP contribution in [-0.2, 0) is 0 Å². The third-order valence-corrected chi connectivity index (χ3v) is 2.74. The fraction of sp³-hybridized carbons (Fsp3) is 0.583. The molecule has 0 radical (unpaired) electrons. The van der Waals surface area contributed by atoms with Gasteiger partial charge in [-0.3, -0.25) is 5.41 Å². The Bertz CT molecular complexity index is 402. The Morgan fingerprint density at radius 2 is 2.18 bits per heavy atom. The van der Waals surface area contributed by atoms with Gasteiger partial charge in [-0.05, 0) is 18.9 Å². The van der Waals surface area contributed by atoms with Crippen molar-refractivity contribution in [2.45, 2.75) is 27.2 Å². The fourth-order valence-electron chi connectivity index (χ4n) is 1.54. The summed E-state index contributed by atoms with van der Waals surface area (Å²) < 4.78 is 0. The molecule has 0 amide bonds. The molecule has 0 aromatic carbocycles. The van der Waals surface area contributed by atoms with Crippen molar-refractivity contribution >= 4 is 11.8 Å². The summed E-state index contributed by atoms with van der Waals surface area (Å²) in [5, 5.41) is 7.42. The Balaban J connectivity index is 2.93. The number of nitrogens with two attached hydrogens (primary N) is 1. The van der Waals surface area contributed by atoms with E-state index < -0.39 is 0 Å². The highest BCUT2D eigenvalue weighted by Crippen LogP contribution is 2.11. The minimum absolute atomic E-state index is 0.0197. The predicted octanol–water partition coefficient (Wildman–Crippen LogP) is 1.55. The van der Waals surface area contributed by atoms with Crippen LogP contribution in [0.25, 0.3) is 0 Å². The molecule has 0 aliphatic rings. The van der Waals surface area contributed by atoms with E-state index in [1.807, 2.05) is 18.9 Å². The van der Waals surface area contributed by atoms with Crippen molar-refractivity contribution < 1.29 is 0 Å². The smallest absolute Gasteiger partial charge is 0.225 e. The molecule has 0 saturated heterocycles. The van der Waals surface area contributed by atoms with Crippen LogP contribution in [0.15, 0.2) is 6.07 Å². The highest BCUT2D eigenvalue weighted by atomic mass is 15.2. The molecular weight excluding hydrogens is 214 g/mol. The molecule has 1 aromatic heterocycles. The number of anilines is 1. The maximum absolute atomic E-state index is 7.42. The van der Waals surface area contributed by atoms with Gasteiger partial charge in [-0.1, -0.05) is 20.3 Å². The van der Waals surface area contributed by atoms with Gasteiger partial charge >= 0.3 is 0 Å². The molecule has 0 aliphatic carbocycles. The van der Waals surface area contributed by atoms with Crippen LogP contribution in [0.5, 0.6) is 0 Å². The lowest BCUT2D eigenvalue weighted by molar-refractivity contribution is 0.555. The Labute approximate surface area is 103 Å². The van der Waals surface area contributed by atoms with Crippen molar-refractivity contribution in [1.29, 1.82) is 5.41 Å². The van der Waals surface area contributed by atoms with Gasteiger partial charge in [-0.25, -0.2) is 9.97 Å². The van der Waals surface area contributed by atoms with Crippen molar-refractivity contribution in [3.05, 3.63) is 17.5 Å². The first-order chi connectivity index (χ1) is 7.93. The van der Waals surface area contributed by atoms with Crippen LogP contribution < -0.4 is 10.6 Å². The minimum Gasteiger partial charge on any atom is -0.382 e. The maximum atomic E-state index is 7.42. The van der Waals surface area contributed by atoms with Gasteiger partial charge < -0.3 is 10.6 Å². The van der Waals surface area contributed by atoms with Crippen molar-refractivity contribution in [2.75, 3.05) is 18.5 Å². The van der Waals surface area contributed by atoms with Crippen LogP contribution in [0.2, 0.25) is 0 Å². The molecule has 1 rings (SSSR count). The standard InChI is InChI=1S/C12H21N5/c1-5-8(2)7-17(4)12-15-9(3)6-10(16-12)11(13)14/h6,8H,5,7H2,1-4H3,(H3,13,14). The Morgan fingerprint density at radius 3 is 2.71 bits per heavy atom. The minimum atomic E-state index is -0.0197. The molecule has 5 heteroatoms. The lowest BCUT2D eigenvalue weighted by Crippen LogP contribution is -2.27. The van der Waals surface area contributed by atoms with Crippen LogP contribution in [0.1, 0.15) is 31.7 Å². The molecular formula is C12H21N5. The summed E-state index contributed by atoms with van der Waals surface area (Å²) in [6.07, 6.45) is 1.12. The first-order valence-corrected chi connectivity index (χ1v) is 5.85. The molecule has 0 fully saturated rings. The lowest BCUT2D eigenvalue weighted by Gasteiger charge is -2.21. The first-order valence-electron chi connectivity index (χ1n) is 5.85. The van der Waals surface area contributed by atoms with Crippen molar-refractivity contribution in [3.8, 4) is 0 Å². The van der Waals surface area contributed by atoms with Crippen LogP contribution in [0.3, 0.4) is 0 Å². The molecule has 0 saturated carbocycles. The third-order valence-electron chi connectivity index (χ3n) is 2.74. The maximum Gasteiger partial charge on any atom is 0.225 e. The van der Waals surface area contributed by atoms with E-state index in [2.05, 4.69) is 23.8 Å². The van der Waals surface area contributed by atoms with E-state index in [1.54, 1.807) is 6.07 Å². The van der Waals surface area contributed by atoms with Crippen molar-refractivity contribution in [2.24, 2.45) is 11.7 Å². The van der Waals surface area contributed by atoms with Gasteiger partial charge in [0, 0.05) is 19.3 Å². The van der Waals surface area contributed by atoms with Gasteiger partial charge in [0.25, 0.3) is 0 Å². The van der Waals surface area contributed by atoms with E-state index in [4.69, 9.17) is 11.1 Å². The number of rotatable bonds is 5. The molecule has 0 spiro atoms. The zero-order valence-electron chi connectivity index (χ0n) is 11.0. The average molecular weight is 235 g/mol. The number of nitrogens with one attached hydrogen (secondary N) is 1. The third kappa shape index (κ3) is 3.69. The molecule has 5 nitrogen and oxygen atoms in total. The molecule has 3 N–H and O–H groups in total. The number of aromatic nitrogens is 2. The summed E-state index contributed by atoms with van der Waals surface area (Å²) >= 11 is 0. The normalized spacial score (nSPS) is 12.2. The van der Waals surface area contributed by atoms with Gasteiger partial charge in [0.1, 0.15) is 11.5 Å². The number of amidine groups is 1. The predicted molar refractivity (Wildman–Crippen MR) is 70.5 cm³/mol. The topological polar surface area (TPSA) is 78.9 Å². The second kappa shape index (κ2) is 5.61. The number of hydrogen-bond donors (Lipinski definition) is 2. The summed E-state index contributed by atoms with van der Waals surface area (Å²) in [6.45, 7) is 7.14. The molecule has 17 heavy (non-hydrogen) atoms. The average Bonchev–Trinajstić information content (AvgIpc) is 2.27. The summed E-state index contributed by atoms with van der Waals surface area (Å²) in [5.41, 5.74) is 6.77. The van der Waals surface area contributed by atoms with Gasteiger partial charge in [0.15, 0.2) is 0 Å². The Hall–Kier alpha value is -1.65. The molecule has 1 unspecified atom stereocenters. The van der Waals surface area contributed by atoms with Gasteiger partial charge in [-0.15, -0.1) is 0 Å². The Kier molecular flexibility index (Phi) is 4.43. The van der Waals surface area contributed by atoms with Gasteiger partial charge in [-0.2, -0.15) is 0 Å². The quantitative estimate of drug-likeness (QED) is 0.599. The summed E-state index contributed by atoms with van der Waals surface area (Å²) in [7, 11) is 1.96. The van der Waals surface area contributed by atoms with Crippen LogP contribution in [0, 0.1) is 18.3 Å². The second-order valence-corrected chi connectivity index (χ2v) is 4.50. The van der Waals surface area contributed by atoms with E-state index in [9.17, 15) is 0 Å². The largest absolute Gasteiger partial charge is 0.382 e. The van der Waals surface area contributed by atoms with E-state index in [0.717, 1.165) is 18.7 Å². The van der Waals surface area contributed by atoms with Crippen LogP contribution in [0.4, 0.5) is 5.95 Å². The summed E-state index contributed by atoms with van der Waals surface area (Å²) in [4.78, 5) is 10.7. The highest BCUT2D eigenvalue weighted by Gasteiger charge is 2.11.